The van der Waals surface area contributed by atoms with Crippen LogP contribution in [0.3, 0.4) is 0 Å². The van der Waals surface area contributed by atoms with Gasteiger partial charge in [-0.1, -0.05) is 0 Å². The molecule has 0 N–H and O–H groups in total. The van der Waals surface area contributed by atoms with Crippen LogP contribution in [0.15, 0.2) is 0 Å². The molecule has 0 amide bonds. The molecule has 0 aromatic rings. The molecule has 0 aliphatic rings. The van der Waals surface area contributed by atoms with E-state index in [0.717, 1.165) is 0 Å². The maximum atomic E-state index is 0. The smallest absolute Gasteiger partial charge is 1.00 e. The maximum absolute atomic E-state index is 0. The minimum Gasteiger partial charge on any atom is -1.00 e. The summed E-state index contributed by atoms with van der Waals surface area (Å²) in [7, 11) is 0. The molecule has 0 aromatic carbocycles. The van der Waals surface area contributed by atoms with E-state index in [1.807, 2.05) is 0 Å². The van der Waals surface area contributed by atoms with Crippen molar-refractivity contribution in [2.75, 3.05) is 0 Å². The van der Waals surface area contributed by atoms with Crippen molar-refractivity contribution in [1.29, 1.82) is 0 Å². The first-order chi connectivity index (χ1) is 0. The van der Waals surface area contributed by atoms with Gasteiger partial charge in [0, 0.05) is 0 Å². The SMILES string of the molecule is [Ce+4].[F-].[F-].[F-].[F-]. The van der Waals surface area contributed by atoms with Crippen LogP contribution in [-0.2, 0) is 0 Å². The van der Waals surface area contributed by atoms with Crippen molar-refractivity contribution in [3.8, 4) is 0 Å². The summed E-state index contributed by atoms with van der Waals surface area (Å²) >= 11 is 0. The van der Waals surface area contributed by atoms with E-state index in [2.05, 4.69) is 0 Å². The maximum Gasteiger partial charge on any atom is 4.00 e. The van der Waals surface area contributed by atoms with Gasteiger partial charge < -0.3 is 18.8 Å². The van der Waals surface area contributed by atoms with E-state index in [9.17, 15) is 0 Å². The molecule has 0 unspecified atom stereocenters. The molecule has 0 rings (SSSR count). The Bertz CT molecular complexity index is 3.61. The Kier molecular flexibility index (Phi) is 1870. The molecule has 0 atom stereocenters. The summed E-state index contributed by atoms with van der Waals surface area (Å²) in [5.74, 6) is 0. The van der Waals surface area contributed by atoms with Gasteiger partial charge >= 0.3 is 41.7 Å². The zero-order valence-corrected chi connectivity index (χ0v) is 5.15. The van der Waals surface area contributed by atoms with Gasteiger partial charge in [-0.2, -0.15) is 0 Å². The van der Waals surface area contributed by atoms with E-state index >= 15 is 0 Å². The van der Waals surface area contributed by atoms with Crippen LogP contribution in [-0.4, -0.2) is 0 Å². The second-order valence-corrected chi connectivity index (χ2v) is 0. The standard InChI is InChI=1S/Ce.4FH/h;4*1H/q+4;;;;/p-4. The van der Waals surface area contributed by atoms with E-state index < -0.39 is 0 Å². The summed E-state index contributed by atoms with van der Waals surface area (Å²) in [6.45, 7) is 0. The molecule has 0 bridgehead atoms. The van der Waals surface area contributed by atoms with Crippen molar-refractivity contribution in [1.82, 2.24) is 0 Å². The van der Waals surface area contributed by atoms with Gasteiger partial charge in [0.15, 0.2) is 0 Å². The first kappa shape index (κ1) is 132. The first-order valence-corrected chi connectivity index (χ1v) is 0. The molecule has 5 heteroatoms. The third-order valence-corrected chi connectivity index (χ3v) is 0. The molecule has 5 heavy (non-hydrogen) atoms. The van der Waals surface area contributed by atoms with Gasteiger partial charge in [0.2, 0.25) is 0 Å². The minimum absolute atomic E-state index is 0. The normalized spacial score (nSPS) is 0. The average molecular weight is 216 g/mol. The zero-order chi connectivity index (χ0) is 0. The van der Waals surface area contributed by atoms with Gasteiger partial charge in [-0.25, -0.2) is 0 Å². The Balaban J connectivity index is 0. The van der Waals surface area contributed by atoms with Crippen molar-refractivity contribution in [2.24, 2.45) is 0 Å². The molecule has 0 aromatic heterocycles. The van der Waals surface area contributed by atoms with Gasteiger partial charge in [0.25, 0.3) is 0 Å². The predicted octanol–water partition coefficient (Wildman–Crippen LogP) is -12.0. The summed E-state index contributed by atoms with van der Waals surface area (Å²) in [5, 5.41) is 0. The average Bonchev–Trinajstić information content (AvgIpc) is 0. The van der Waals surface area contributed by atoms with Crippen LogP contribution in [0.5, 0.6) is 0 Å². The first-order valence-electron chi connectivity index (χ1n) is 0. The fourth-order valence-electron chi connectivity index (χ4n) is 0. The molecular formula is CeF4. The van der Waals surface area contributed by atoms with Crippen LogP contribution in [0, 0.1) is 41.7 Å². The van der Waals surface area contributed by atoms with E-state index in [4.69, 9.17) is 0 Å². The second-order valence-electron chi connectivity index (χ2n) is 0. The Labute approximate surface area is 60.2 Å². The van der Waals surface area contributed by atoms with Gasteiger partial charge in [0.05, 0.1) is 0 Å². The Morgan fingerprint density at radius 3 is 0.400 bits per heavy atom. The number of hydrogen-bond donors (Lipinski definition) is 0. The monoisotopic (exact) mass is 216 g/mol. The van der Waals surface area contributed by atoms with Gasteiger partial charge in [-0.15, -0.1) is 0 Å². The molecule has 0 aliphatic heterocycles. The summed E-state index contributed by atoms with van der Waals surface area (Å²) in [6.07, 6.45) is 0. The molecule has 0 radical (unpaired) electrons. The summed E-state index contributed by atoms with van der Waals surface area (Å²) in [5.41, 5.74) is 0. The topological polar surface area (TPSA) is 0 Å². The van der Waals surface area contributed by atoms with Crippen molar-refractivity contribution in [2.45, 2.75) is 0 Å². The summed E-state index contributed by atoms with van der Waals surface area (Å²) in [6, 6.07) is 0. The minimum atomic E-state index is 0. The van der Waals surface area contributed by atoms with Gasteiger partial charge in [-0.3, -0.25) is 0 Å². The Hall–Kier alpha value is 1.10. The fourth-order valence-corrected chi connectivity index (χ4v) is 0. The summed E-state index contributed by atoms with van der Waals surface area (Å²) < 4.78 is 0. The molecule has 32 valence electrons. The van der Waals surface area contributed by atoms with Crippen LogP contribution >= 0.6 is 0 Å². The largest absolute Gasteiger partial charge is 4.00 e. The Morgan fingerprint density at radius 1 is 0.400 bits per heavy atom. The van der Waals surface area contributed by atoms with Crippen molar-refractivity contribution < 1.29 is 60.6 Å². The quantitative estimate of drug-likeness (QED) is 0.353. The third-order valence-electron chi connectivity index (χ3n) is 0. The molecule has 0 saturated carbocycles. The van der Waals surface area contributed by atoms with E-state index in [1.165, 1.54) is 0 Å². The fraction of sp³-hybridized carbons (Fsp3) is 0. The van der Waals surface area contributed by atoms with Gasteiger partial charge in [0.1, 0.15) is 0 Å². The molecule has 0 spiro atoms. The van der Waals surface area contributed by atoms with Crippen LogP contribution in [0.2, 0.25) is 0 Å². The van der Waals surface area contributed by atoms with Gasteiger partial charge in [-0.05, 0) is 0 Å². The van der Waals surface area contributed by atoms with Crippen LogP contribution in [0.25, 0.3) is 0 Å². The predicted molar refractivity (Wildman–Crippen MR) is 0 cm³/mol. The van der Waals surface area contributed by atoms with E-state index in [1.54, 1.807) is 0 Å². The molecule has 0 aliphatic carbocycles. The van der Waals surface area contributed by atoms with Crippen LogP contribution in [0.1, 0.15) is 0 Å². The van der Waals surface area contributed by atoms with Crippen molar-refractivity contribution >= 4 is 0 Å². The third kappa shape index (κ3) is 40.6. The number of halogens is 4. The molecule has 0 heterocycles. The van der Waals surface area contributed by atoms with Crippen molar-refractivity contribution in [3.05, 3.63) is 0 Å². The van der Waals surface area contributed by atoms with Crippen LogP contribution < -0.4 is 18.8 Å². The van der Waals surface area contributed by atoms with E-state index in [0.29, 0.717) is 0 Å². The van der Waals surface area contributed by atoms with Crippen LogP contribution in [0.4, 0.5) is 0 Å². The molecule has 0 nitrogen and oxygen atoms in total. The molecule has 0 fully saturated rings. The summed E-state index contributed by atoms with van der Waals surface area (Å²) in [4.78, 5) is 0. The second kappa shape index (κ2) is 71.1. The molecular weight excluding hydrogens is 216 g/mol. The zero-order valence-electron chi connectivity index (χ0n) is 2.01. The Morgan fingerprint density at radius 2 is 0.400 bits per heavy atom. The van der Waals surface area contributed by atoms with Crippen molar-refractivity contribution in [3.63, 3.8) is 0 Å². The molecule has 0 saturated heterocycles. The number of rotatable bonds is 0. The number of hydrogen-bond acceptors (Lipinski definition) is 0. The van der Waals surface area contributed by atoms with E-state index in [-0.39, 0.29) is 60.6 Å².